The molecular weight excluding hydrogens is 280 g/mol. The van der Waals surface area contributed by atoms with Gasteiger partial charge in [-0.15, -0.1) is 0 Å². The van der Waals surface area contributed by atoms with Crippen LogP contribution in [0.3, 0.4) is 0 Å². The maximum absolute atomic E-state index is 12.0. The Morgan fingerprint density at radius 2 is 2.32 bits per heavy atom. The summed E-state index contributed by atoms with van der Waals surface area (Å²) in [6.07, 6.45) is 3.31. The zero-order chi connectivity index (χ0) is 15.2. The maximum atomic E-state index is 12.0. The summed E-state index contributed by atoms with van der Waals surface area (Å²) in [7, 11) is 0. The van der Waals surface area contributed by atoms with E-state index in [1.807, 2.05) is 29.1 Å². The van der Waals surface area contributed by atoms with E-state index in [1.54, 1.807) is 6.20 Å². The lowest BCUT2D eigenvalue weighted by Crippen LogP contribution is -2.47. The molecule has 1 aliphatic heterocycles. The number of nitrogens with zero attached hydrogens (tertiary/aromatic N) is 2. The van der Waals surface area contributed by atoms with Crippen molar-refractivity contribution < 1.29 is 9.53 Å². The zero-order valence-electron chi connectivity index (χ0n) is 12.4. The molecule has 1 aromatic heterocycles. The van der Waals surface area contributed by atoms with Crippen molar-refractivity contribution in [1.29, 1.82) is 0 Å². The fraction of sp³-hybridized carbons (Fsp3) is 0.375. The molecule has 22 heavy (non-hydrogen) atoms. The highest BCUT2D eigenvalue weighted by molar-refractivity contribution is 5.81. The maximum Gasteiger partial charge on any atom is 0.250 e. The van der Waals surface area contributed by atoms with Gasteiger partial charge in [0.15, 0.2) is 0 Å². The molecule has 2 aromatic rings. The Hall–Kier alpha value is -2.18. The Balaban J connectivity index is 1.54. The normalized spacial score (nSPS) is 18.1. The summed E-state index contributed by atoms with van der Waals surface area (Å²) < 4.78 is 7.31. The standard InChI is InChI=1S/C16H20N4O2/c21-16(15-11-17-6-8-22-15)18-10-13-3-1-4-14(9-13)12-20-7-2-5-19-20/h1-5,7,9,15,17H,6,8,10-12H2,(H,18,21). The van der Waals surface area contributed by atoms with Crippen LogP contribution in [0, 0.1) is 0 Å². The molecule has 1 amide bonds. The van der Waals surface area contributed by atoms with E-state index in [2.05, 4.69) is 27.9 Å². The first-order valence-corrected chi connectivity index (χ1v) is 7.46. The van der Waals surface area contributed by atoms with Crippen molar-refractivity contribution in [2.75, 3.05) is 19.7 Å². The lowest BCUT2D eigenvalue weighted by atomic mass is 10.1. The Kier molecular flexibility index (Phi) is 4.82. The van der Waals surface area contributed by atoms with Gasteiger partial charge < -0.3 is 15.4 Å². The monoisotopic (exact) mass is 300 g/mol. The van der Waals surface area contributed by atoms with Crippen LogP contribution in [0.15, 0.2) is 42.7 Å². The van der Waals surface area contributed by atoms with Gasteiger partial charge in [-0.2, -0.15) is 5.10 Å². The molecule has 2 heterocycles. The van der Waals surface area contributed by atoms with Gasteiger partial charge in [0.25, 0.3) is 5.91 Å². The Morgan fingerprint density at radius 3 is 3.09 bits per heavy atom. The van der Waals surface area contributed by atoms with Crippen molar-refractivity contribution >= 4 is 5.91 Å². The molecule has 1 aliphatic rings. The van der Waals surface area contributed by atoms with E-state index in [-0.39, 0.29) is 12.0 Å². The van der Waals surface area contributed by atoms with E-state index >= 15 is 0 Å². The number of ether oxygens (including phenoxy) is 1. The minimum absolute atomic E-state index is 0.0651. The predicted molar refractivity (Wildman–Crippen MR) is 82.2 cm³/mol. The molecule has 1 atom stereocenters. The summed E-state index contributed by atoms with van der Waals surface area (Å²) in [6.45, 7) is 3.19. The van der Waals surface area contributed by atoms with Gasteiger partial charge in [0.2, 0.25) is 0 Å². The van der Waals surface area contributed by atoms with Gasteiger partial charge in [0, 0.05) is 32.0 Å². The van der Waals surface area contributed by atoms with Gasteiger partial charge in [-0.3, -0.25) is 9.48 Å². The minimum atomic E-state index is -0.388. The molecule has 6 heteroatoms. The molecule has 1 aromatic carbocycles. The molecule has 1 fully saturated rings. The van der Waals surface area contributed by atoms with Crippen LogP contribution in [-0.2, 0) is 22.6 Å². The Morgan fingerprint density at radius 1 is 1.41 bits per heavy atom. The smallest absolute Gasteiger partial charge is 0.250 e. The highest BCUT2D eigenvalue weighted by Gasteiger charge is 2.21. The van der Waals surface area contributed by atoms with E-state index in [4.69, 9.17) is 4.74 Å². The number of benzene rings is 1. The molecule has 1 unspecified atom stereocenters. The average Bonchev–Trinajstić information content (AvgIpc) is 3.07. The summed E-state index contributed by atoms with van der Waals surface area (Å²) in [5.41, 5.74) is 2.23. The number of hydrogen-bond donors (Lipinski definition) is 2. The van der Waals surface area contributed by atoms with Crippen molar-refractivity contribution in [2.24, 2.45) is 0 Å². The van der Waals surface area contributed by atoms with E-state index in [1.165, 1.54) is 0 Å². The van der Waals surface area contributed by atoms with Crippen molar-refractivity contribution in [3.8, 4) is 0 Å². The Labute approximate surface area is 129 Å². The number of morpholine rings is 1. The van der Waals surface area contributed by atoms with Crippen molar-refractivity contribution in [2.45, 2.75) is 19.2 Å². The molecule has 0 aliphatic carbocycles. The second-order valence-corrected chi connectivity index (χ2v) is 5.30. The van der Waals surface area contributed by atoms with Gasteiger partial charge in [-0.1, -0.05) is 24.3 Å². The van der Waals surface area contributed by atoms with Gasteiger partial charge in [-0.25, -0.2) is 0 Å². The molecular formula is C16H20N4O2. The van der Waals surface area contributed by atoms with E-state index < -0.39 is 0 Å². The third-order valence-electron chi connectivity index (χ3n) is 3.58. The van der Waals surface area contributed by atoms with Crippen LogP contribution < -0.4 is 10.6 Å². The highest BCUT2D eigenvalue weighted by Crippen LogP contribution is 2.07. The number of amides is 1. The summed E-state index contributed by atoms with van der Waals surface area (Å²) in [5, 5.41) is 10.3. The quantitative estimate of drug-likeness (QED) is 0.845. The number of hydrogen-bond acceptors (Lipinski definition) is 4. The largest absolute Gasteiger partial charge is 0.366 e. The van der Waals surface area contributed by atoms with Crippen LogP contribution in [-0.4, -0.2) is 41.5 Å². The van der Waals surface area contributed by atoms with Crippen LogP contribution in [0.2, 0.25) is 0 Å². The van der Waals surface area contributed by atoms with Crippen molar-refractivity contribution in [3.05, 3.63) is 53.9 Å². The molecule has 1 saturated heterocycles. The first-order valence-electron chi connectivity index (χ1n) is 7.46. The first kappa shape index (κ1) is 14.7. The lowest BCUT2D eigenvalue weighted by molar-refractivity contribution is -0.134. The van der Waals surface area contributed by atoms with Gasteiger partial charge >= 0.3 is 0 Å². The SMILES string of the molecule is O=C(NCc1cccc(Cn2cccn2)c1)C1CNCCO1. The van der Waals surface area contributed by atoms with Crippen LogP contribution in [0.1, 0.15) is 11.1 Å². The number of carbonyl (C=O) groups excluding carboxylic acids is 1. The second-order valence-electron chi connectivity index (χ2n) is 5.30. The average molecular weight is 300 g/mol. The highest BCUT2D eigenvalue weighted by atomic mass is 16.5. The zero-order valence-corrected chi connectivity index (χ0v) is 12.4. The molecule has 0 radical (unpaired) electrons. The molecule has 6 nitrogen and oxygen atoms in total. The fourth-order valence-electron chi connectivity index (χ4n) is 2.46. The molecule has 116 valence electrons. The number of nitrogens with one attached hydrogen (secondary N) is 2. The predicted octanol–water partition coefficient (Wildman–Crippen LogP) is 0.536. The number of aromatic nitrogens is 2. The first-order chi connectivity index (χ1) is 10.8. The number of rotatable bonds is 5. The van der Waals surface area contributed by atoms with Gasteiger partial charge in [-0.05, 0) is 17.2 Å². The van der Waals surface area contributed by atoms with Crippen LogP contribution in [0.25, 0.3) is 0 Å². The summed E-state index contributed by atoms with van der Waals surface area (Å²) >= 11 is 0. The minimum Gasteiger partial charge on any atom is -0.366 e. The summed E-state index contributed by atoms with van der Waals surface area (Å²) in [4.78, 5) is 12.0. The van der Waals surface area contributed by atoms with Crippen molar-refractivity contribution in [3.63, 3.8) is 0 Å². The summed E-state index contributed by atoms with van der Waals surface area (Å²) in [5.74, 6) is -0.0651. The molecule has 2 N–H and O–H groups in total. The fourth-order valence-corrected chi connectivity index (χ4v) is 2.46. The third-order valence-corrected chi connectivity index (χ3v) is 3.58. The molecule has 3 rings (SSSR count). The van der Waals surface area contributed by atoms with E-state index in [0.717, 1.165) is 24.2 Å². The molecule has 0 saturated carbocycles. The second kappa shape index (κ2) is 7.20. The summed E-state index contributed by atoms with van der Waals surface area (Å²) in [6, 6.07) is 10.1. The van der Waals surface area contributed by atoms with Crippen LogP contribution >= 0.6 is 0 Å². The Bertz CT molecular complexity index is 606. The van der Waals surface area contributed by atoms with E-state index in [0.29, 0.717) is 19.7 Å². The van der Waals surface area contributed by atoms with Gasteiger partial charge in [0.1, 0.15) is 6.10 Å². The van der Waals surface area contributed by atoms with E-state index in [9.17, 15) is 4.79 Å². The lowest BCUT2D eigenvalue weighted by Gasteiger charge is -2.22. The number of carbonyl (C=O) groups is 1. The van der Waals surface area contributed by atoms with Crippen LogP contribution in [0.5, 0.6) is 0 Å². The molecule has 0 spiro atoms. The molecule has 0 bridgehead atoms. The van der Waals surface area contributed by atoms with Crippen LogP contribution in [0.4, 0.5) is 0 Å². The topological polar surface area (TPSA) is 68.2 Å². The van der Waals surface area contributed by atoms with Crippen molar-refractivity contribution in [1.82, 2.24) is 20.4 Å². The third kappa shape index (κ3) is 3.93. The van der Waals surface area contributed by atoms with Gasteiger partial charge in [0.05, 0.1) is 13.2 Å².